The molecule has 29 heavy (non-hydrogen) atoms. The van der Waals surface area contributed by atoms with Crippen LogP contribution in [0.3, 0.4) is 0 Å². The normalized spacial score (nSPS) is 23.3. The van der Waals surface area contributed by atoms with Gasteiger partial charge in [-0.3, -0.25) is 0 Å². The predicted octanol–water partition coefficient (Wildman–Crippen LogP) is 4.70. The van der Waals surface area contributed by atoms with Gasteiger partial charge in [-0.1, -0.05) is 25.4 Å². The van der Waals surface area contributed by atoms with Gasteiger partial charge in [0, 0.05) is 12.0 Å². The average molecular weight is 397 g/mol. The second kappa shape index (κ2) is 6.94. The molecule has 1 aromatic heterocycles. The minimum Gasteiger partial charge on any atom is -0.488 e. The lowest BCUT2D eigenvalue weighted by molar-refractivity contribution is 0.153. The fraction of sp³-hybridized carbons (Fsp3) is 0.478. The molecule has 0 spiro atoms. The zero-order valence-electron chi connectivity index (χ0n) is 17.8. The molecular weight excluding hydrogens is 370 g/mol. The smallest absolute Gasteiger partial charge is 0.336 e. The summed E-state index contributed by atoms with van der Waals surface area (Å²) in [4.78, 5) is 17.6. The summed E-state index contributed by atoms with van der Waals surface area (Å²) in [6.07, 6.45) is 5.56. The highest BCUT2D eigenvalue weighted by Crippen LogP contribution is 2.49. The van der Waals surface area contributed by atoms with Crippen LogP contribution in [0.25, 0.3) is 17.0 Å². The van der Waals surface area contributed by atoms with Gasteiger partial charge in [0.25, 0.3) is 0 Å². The van der Waals surface area contributed by atoms with Crippen LogP contribution in [-0.4, -0.2) is 24.5 Å². The van der Waals surface area contributed by atoms with Gasteiger partial charge in [0.1, 0.15) is 36.0 Å². The molecule has 1 aromatic carbocycles. The number of benzene rings is 1. The molecule has 2 aromatic rings. The summed E-state index contributed by atoms with van der Waals surface area (Å²) in [5.41, 5.74) is 2.73. The van der Waals surface area contributed by atoms with Gasteiger partial charge in [-0.25, -0.2) is 4.79 Å². The molecule has 0 N–H and O–H groups in total. The minimum atomic E-state index is -0.481. The van der Waals surface area contributed by atoms with Crippen molar-refractivity contribution in [1.82, 2.24) is 0 Å². The van der Waals surface area contributed by atoms with E-state index in [1.165, 1.54) is 7.11 Å². The third-order valence-electron chi connectivity index (χ3n) is 5.63. The molecule has 0 amide bonds. The number of hydrogen-bond donors (Lipinski definition) is 0. The molecule has 0 fully saturated rings. The molecule has 2 aliphatic heterocycles. The Balaban J connectivity index is 2.20. The van der Waals surface area contributed by atoms with Gasteiger partial charge < -0.3 is 18.7 Å². The molecule has 0 unspecified atom stereocenters. The monoisotopic (exact) mass is 397 g/mol. The van der Waals surface area contributed by atoms with Crippen molar-refractivity contribution >= 4 is 22.8 Å². The molecule has 2 atom stereocenters. The predicted molar refractivity (Wildman–Crippen MR) is 113 cm³/mol. The van der Waals surface area contributed by atoms with Gasteiger partial charge in [-0.15, -0.1) is 0 Å². The van der Waals surface area contributed by atoms with Crippen molar-refractivity contribution in [1.29, 1.82) is 0 Å². The summed E-state index contributed by atoms with van der Waals surface area (Å²) in [5, 5.41) is 5.11. The van der Waals surface area contributed by atoms with Crippen LogP contribution in [0.5, 0.6) is 11.5 Å². The van der Waals surface area contributed by atoms with Gasteiger partial charge in [-0.2, -0.15) is 0 Å². The van der Waals surface area contributed by atoms with Crippen molar-refractivity contribution in [2.24, 2.45) is 11.1 Å². The lowest BCUT2D eigenvalue weighted by Gasteiger charge is -2.35. The van der Waals surface area contributed by atoms with Crippen molar-refractivity contribution in [2.45, 2.75) is 59.2 Å². The van der Waals surface area contributed by atoms with E-state index in [-0.39, 0.29) is 12.0 Å². The van der Waals surface area contributed by atoms with Crippen LogP contribution in [0, 0.1) is 5.92 Å². The zero-order valence-corrected chi connectivity index (χ0v) is 17.8. The maximum Gasteiger partial charge on any atom is 0.336 e. The molecule has 0 aliphatic carbocycles. The van der Waals surface area contributed by atoms with Crippen LogP contribution < -0.4 is 15.1 Å². The van der Waals surface area contributed by atoms with E-state index in [2.05, 4.69) is 12.1 Å². The number of hydrogen-bond acceptors (Lipinski definition) is 6. The first-order valence-corrected chi connectivity index (χ1v) is 10.1. The van der Waals surface area contributed by atoms with E-state index in [1.54, 1.807) is 6.07 Å². The van der Waals surface area contributed by atoms with Crippen molar-refractivity contribution < 1.29 is 18.7 Å². The molecule has 3 heterocycles. The van der Waals surface area contributed by atoms with E-state index >= 15 is 0 Å². The molecule has 0 radical (unpaired) electrons. The zero-order chi connectivity index (χ0) is 20.9. The number of oxime groups is 1. The van der Waals surface area contributed by atoms with Crippen LogP contribution in [-0.2, 0) is 11.3 Å². The Bertz CT molecular complexity index is 1090. The summed E-state index contributed by atoms with van der Waals surface area (Å²) in [7, 11) is 1.52. The van der Waals surface area contributed by atoms with Crippen LogP contribution in [0.2, 0.25) is 0 Å². The largest absolute Gasteiger partial charge is 0.488 e. The van der Waals surface area contributed by atoms with Crippen molar-refractivity contribution in [3.05, 3.63) is 39.3 Å². The van der Waals surface area contributed by atoms with Crippen molar-refractivity contribution in [3.8, 4) is 11.5 Å². The molecule has 0 saturated heterocycles. The quantitative estimate of drug-likeness (QED) is 0.555. The van der Waals surface area contributed by atoms with Crippen LogP contribution in [0.15, 0.2) is 26.5 Å². The Hall–Kier alpha value is -2.76. The summed E-state index contributed by atoms with van der Waals surface area (Å²) in [5.74, 6) is 1.28. The van der Waals surface area contributed by atoms with E-state index in [4.69, 9.17) is 18.7 Å². The van der Waals surface area contributed by atoms with E-state index in [0.29, 0.717) is 28.4 Å². The Morgan fingerprint density at radius 3 is 2.69 bits per heavy atom. The molecule has 6 nitrogen and oxygen atoms in total. The summed E-state index contributed by atoms with van der Waals surface area (Å²) < 4.78 is 18.5. The van der Waals surface area contributed by atoms with Gasteiger partial charge >= 0.3 is 5.63 Å². The fourth-order valence-electron chi connectivity index (χ4n) is 4.07. The summed E-state index contributed by atoms with van der Waals surface area (Å²) in [6, 6.07) is 1.57. The molecular formula is C23H27NO5. The maximum atomic E-state index is 12.4. The molecule has 4 rings (SSSR count). The molecule has 6 heteroatoms. The van der Waals surface area contributed by atoms with Crippen LogP contribution >= 0.6 is 0 Å². The van der Waals surface area contributed by atoms with E-state index in [0.717, 1.165) is 29.4 Å². The fourth-order valence-corrected chi connectivity index (χ4v) is 4.07. The molecule has 0 bridgehead atoms. The topological polar surface area (TPSA) is 70.3 Å². The number of nitrogens with zero attached hydrogens (tertiary/aromatic N) is 1. The standard InChI is InChI=1S/C23H27NO5/c1-7-8-14-11-16(25)28-22-17(14)21-15(9-10-23(4,5)29-21)20-18(22)19(24-26-6)12(2)13(3)27-20/h9-13H,7-8H2,1-6H3/b24-19-/t12-,13-/m1/s1. The third kappa shape index (κ3) is 3.11. The molecule has 2 aliphatic rings. The number of aryl methyl sites for hydroxylation is 1. The Labute approximate surface area is 170 Å². The highest BCUT2D eigenvalue weighted by atomic mass is 16.6. The van der Waals surface area contributed by atoms with E-state index in [1.807, 2.05) is 39.8 Å². The second-order valence-electron chi connectivity index (χ2n) is 8.30. The average Bonchev–Trinajstić information content (AvgIpc) is 2.64. The minimum absolute atomic E-state index is 0.0336. The van der Waals surface area contributed by atoms with Crippen molar-refractivity contribution in [3.63, 3.8) is 0 Å². The summed E-state index contributed by atoms with van der Waals surface area (Å²) in [6.45, 7) is 10.1. The van der Waals surface area contributed by atoms with E-state index in [9.17, 15) is 4.79 Å². The second-order valence-corrected chi connectivity index (χ2v) is 8.30. The first-order chi connectivity index (χ1) is 13.8. The number of rotatable bonds is 3. The highest BCUT2D eigenvalue weighted by Gasteiger charge is 2.39. The van der Waals surface area contributed by atoms with Gasteiger partial charge in [-0.05, 0) is 44.9 Å². The van der Waals surface area contributed by atoms with E-state index < -0.39 is 11.2 Å². The lowest BCUT2D eigenvalue weighted by atomic mass is 9.85. The summed E-state index contributed by atoms with van der Waals surface area (Å²) >= 11 is 0. The number of fused-ring (bicyclic) bond motifs is 6. The molecule has 0 saturated carbocycles. The Morgan fingerprint density at radius 2 is 2.00 bits per heavy atom. The first-order valence-electron chi connectivity index (χ1n) is 10.1. The van der Waals surface area contributed by atoms with Crippen molar-refractivity contribution in [2.75, 3.05) is 7.11 Å². The SMILES string of the molecule is CCCc1cc(=O)oc2c3c(c4c(c12)OC(C)(C)C=C4)O[C@H](C)[C@@H](C)/C3=N/OC. The third-order valence-corrected chi connectivity index (χ3v) is 5.63. The highest BCUT2D eigenvalue weighted by molar-refractivity contribution is 6.16. The van der Waals surface area contributed by atoms with Crippen LogP contribution in [0.4, 0.5) is 0 Å². The van der Waals surface area contributed by atoms with Gasteiger partial charge in [0.05, 0.1) is 16.5 Å². The Kier molecular flexibility index (Phi) is 4.68. The first kappa shape index (κ1) is 19.6. The lowest BCUT2D eigenvalue weighted by Crippen LogP contribution is -2.36. The van der Waals surface area contributed by atoms with Gasteiger partial charge in [0.2, 0.25) is 0 Å². The van der Waals surface area contributed by atoms with Crippen LogP contribution in [0.1, 0.15) is 57.7 Å². The Morgan fingerprint density at radius 1 is 1.24 bits per heavy atom. The maximum absolute atomic E-state index is 12.4. The molecule has 154 valence electrons. The number of ether oxygens (including phenoxy) is 2. The van der Waals surface area contributed by atoms with Gasteiger partial charge in [0.15, 0.2) is 5.58 Å².